The Kier molecular flexibility index (Phi) is 7.89. The number of aryl methyl sites for hydroxylation is 1. The van der Waals surface area contributed by atoms with Crippen LogP contribution in [-0.2, 0) is 27.4 Å². The summed E-state index contributed by atoms with van der Waals surface area (Å²) in [7, 11) is -3.45. The fourth-order valence-electron chi connectivity index (χ4n) is 2.90. The van der Waals surface area contributed by atoms with E-state index in [0.29, 0.717) is 35.3 Å². The smallest absolute Gasteiger partial charge is 0.370 e. The fourth-order valence-corrected chi connectivity index (χ4v) is 3.52. The second-order valence-electron chi connectivity index (χ2n) is 7.29. The van der Waals surface area contributed by atoms with Gasteiger partial charge in [-0.25, -0.2) is 13.4 Å². The van der Waals surface area contributed by atoms with E-state index in [1.54, 1.807) is 25.1 Å². The summed E-state index contributed by atoms with van der Waals surface area (Å²) in [4.78, 5) is 15.7. The van der Waals surface area contributed by atoms with Crippen LogP contribution >= 0.6 is 0 Å². The largest absolute Gasteiger partial charge is 0.433 e. The highest BCUT2D eigenvalue weighted by atomic mass is 32.2. The van der Waals surface area contributed by atoms with Gasteiger partial charge in [0.2, 0.25) is 15.9 Å². The van der Waals surface area contributed by atoms with Crippen molar-refractivity contribution >= 4 is 33.5 Å². The van der Waals surface area contributed by atoms with Crippen LogP contribution in [0, 0.1) is 6.92 Å². The Hall–Kier alpha value is -3.08. The number of carbonyl (C=O) groups is 1. The molecule has 2 rings (SSSR count). The van der Waals surface area contributed by atoms with E-state index in [0.717, 1.165) is 12.3 Å². The van der Waals surface area contributed by atoms with E-state index in [4.69, 9.17) is 5.73 Å². The van der Waals surface area contributed by atoms with Crippen LogP contribution in [0.2, 0.25) is 0 Å². The van der Waals surface area contributed by atoms with E-state index in [1.807, 2.05) is 6.92 Å². The predicted molar refractivity (Wildman–Crippen MR) is 119 cm³/mol. The van der Waals surface area contributed by atoms with Crippen LogP contribution in [0.3, 0.4) is 0 Å². The molecule has 2 aromatic rings. The Bertz CT molecular complexity index is 1130. The van der Waals surface area contributed by atoms with Crippen molar-refractivity contribution in [3.05, 3.63) is 58.3 Å². The minimum absolute atomic E-state index is 0.00399. The number of aromatic nitrogens is 1. The number of hydrogen-bond acceptors (Lipinski definition) is 5. The lowest BCUT2D eigenvalue weighted by Crippen LogP contribution is -2.16. The van der Waals surface area contributed by atoms with Gasteiger partial charge < -0.3 is 11.1 Å². The first-order chi connectivity index (χ1) is 14.8. The Morgan fingerprint density at radius 2 is 1.91 bits per heavy atom. The fraction of sp³-hybridized carbons (Fsp3) is 0.333. The minimum Gasteiger partial charge on any atom is -0.370 e. The number of pyridine rings is 1. The zero-order valence-corrected chi connectivity index (χ0v) is 18.7. The summed E-state index contributed by atoms with van der Waals surface area (Å²) in [6.45, 7) is 3.96. The van der Waals surface area contributed by atoms with E-state index < -0.39 is 27.8 Å². The standard InChI is InChI=1S/C21H25F3N4O3S/c1-4-9-26-20-15(6-8-18(27-20)21(22,23)24)12-16(19(25)29)11-14-5-7-17(13(2)10-14)28-32(3,30)31/h5-8,10,12,28H,4,9,11H2,1-3H3,(H2,25,29)(H,26,27). The van der Waals surface area contributed by atoms with Crippen LogP contribution in [0.1, 0.15) is 35.7 Å². The molecular weight excluding hydrogens is 445 g/mol. The van der Waals surface area contributed by atoms with Crippen molar-refractivity contribution in [2.75, 3.05) is 22.8 Å². The summed E-state index contributed by atoms with van der Waals surface area (Å²) in [5.41, 5.74) is 6.64. The van der Waals surface area contributed by atoms with Gasteiger partial charge >= 0.3 is 6.18 Å². The van der Waals surface area contributed by atoms with Crippen molar-refractivity contribution in [1.82, 2.24) is 4.98 Å². The number of anilines is 2. The number of primary amides is 1. The first-order valence-electron chi connectivity index (χ1n) is 9.70. The molecule has 0 unspecified atom stereocenters. The van der Waals surface area contributed by atoms with Gasteiger partial charge in [-0.2, -0.15) is 13.2 Å². The van der Waals surface area contributed by atoms with Crippen LogP contribution in [-0.4, -0.2) is 32.1 Å². The Morgan fingerprint density at radius 3 is 2.44 bits per heavy atom. The average molecular weight is 471 g/mol. The van der Waals surface area contributed by atoms with Gasteiger partial charge in [0.05, 0.1) is 11.9 Å². The van der Waals surface area contributed by atoms with Crippen molar-refractivity contribution in [3.63, 3.8) is 0 Å². The minimum atomic E-state index is -4.60. The summed E-state index contributed by atoms with van der Waals surface area (Å²) in [6, 6.07) is 6.99. The van der Waals surface area contributed by atoms with Gasteiger partial charge in [0.25, 0.3) is 0 Å². The molecule has 0 saturated heterocycles. The average Bonchev–Trinajstić information content (AvgIpc) is 2.66. The number of sulfonamides is 1. The van der Waals surface area contributed by atoms with E-state index >= 15 is 0 Å². The van der Waals surface area contributed by atoms with Gasteiger partial charge in [-0.05, 0) is 48.7 Å². The zero-order chi connectivity index (χ0) is 24.1. The van der Waals surface area contributed by atoms with Crippen LogP contribution in [0.25, 0.3) is 6.08 Å². The molecule has 1 heterocycles. The third-order valence-corrected chi connectivity index (χ3v) is 4.98. The molecule has 1 aromatic heterocycles. The molecule has 174 valence electrons. The molecule has 0 spiro atoms. The van der Waals surface area contributed by atoms with Gasteiger partial charge in [-0.15, -0.1) is 0 Å². The number of rotatable bonds is 9. The van der Waals surface area contributed by atoms with Crippen LogP contribution in [0.5, 0.6) is 0 Å². The number of halogens is 3. The third kappa shape index (κ3) is 7.26. The van der Waals surface area contributed by atoms with Crippen molar-refractivity contribution in [2.24, 2.45) is 5.73 Å². The van der Waals surface area contributed by atoms with E-state index in [-0.39, 0.29) is 17.8 Å². The maximum atomic E-state index is 13.1. The third-order valence-electron chi connectivity index (χ3n) is 4.39. The predicted octanol–water partition coefficient (Wildman–Crippen LogP) is 3.71. The highest BCUT2D eigenvalue weighted by Gasteiger charge is 2.33. The molecular formula is C21H25F3N4O3S. The number of benzene rings is 1. The molecule has 0 aliphatic rings. The van der Waals surface area contributed by atoms with E-state index in [2.05, 4.69) is 15.0 Å². The lowest BCUT2D eigenvalue weighted by atomic mass is 10.00. The SMILES string of the molecule is CCCNc1nc(C(F)(F)F)ccc1C=C(Cc1ccc(NS(C)(=O)=O)c(C)c1)C(N)=O. The topological polar surface area (TPSA) is 114 Å². The van der Waals surface area contributed by atoms with Gasteiger partial charge in [-0.3, -0.25) is 9.52 Å². The van der Waals surface area contributed by atoms with E-state index in [9.17, 15) is 26.4 Å². The second kappa shape index (κ2) is 10.0. The molecule has 0 radical (unpaired) electrons. The highest BCUT2D eigenvalue weighted by Crippen LogP contribution is 2.30. The Morgan fingerprint density at radius 1 is 1.22 bits per heavy atom. The molecule has 1 aromatic carbocycles. The Labute approximate surface area is 185 Å². The molecule has 11 heteroatoms. The zero-order valence-electron chi connectivity index (χ0n) is 17.9. The summed E-state index contributed by atoms with van der Waals surface area (Å²) < 4.78 is 64.4. The van der Waals surface area contributed by atoms with Crippen molar-refractivity contribution < 1.29 is 26.4 Å². The van der Waals surface area contributed by atoms with Gasteiger partial charge in [0.1, 0.15) is 11.5 Å². The second-order valence-corrected chi connectivity index (χ2v) is 9.04. The molecule has 1 amide bonds. The molecule has 0 atom stereocenters. The van der Waals surface area contributed by atoms with E-state index in [1.165, 1.54) is 12.1 Å². The quantitative estimate of drug-likeness (QED) is 0.484. The number of hydrogen-bond donors (Lipinski definition) is 3. The van der Waals surface area contributed by atoms with Crippen molar-refractivity contribution in [3.8, 4) is 0 Å². The van der Waals surface area contributed by atoms with Crippen molar-refractivity contribution in [2.45, 2.75) is 32.9 Å². The summed E-state index contributed by atoms with van der Waals surface area (Å²) in [5.74, 6) is -0.730. The van der Waals surface area contributed by atoms with Crippen LogP contribution < -0.4 is 15.8 Å². The molecule has 4 N–H and O–H groups in total. The highest BCUT2D eigenvalue weighted by molar-refractivity contribution is 7.92. The molecule has 0 bridgehead atoms. The summed E-state index contributed by atoms with van der Waals surface area (Å²) in [5, 5.41) is 2.85. The molecule has 0 aliphatic heterocycles. The monoisotopic (exact) mass is 470 g/mol. The normalized spacial score (nSPS) is 12.5. The maximum absolute atomic E-state index is 13.1. The lowest BCUT2D eigenvalue weighted by molar-refractivity contribution is -0.141. The molecule has 7 nitrogen and oxygen atoms in total. The Balaban J connectivity index is 2.41. The first kappa shape index (κ1) is 25.2. The summed E-state index contributed by atoms with van der Waals surface area (Å²) in [6.07, 6.45) is -1.39. The van der Waals surface area contributed by atoms with Gasteiger partial charge in [-0.1, -0.05) is 19.1 Å². The molecule has 0 fully saturated rings. The maximum Gasteiger partial charge on any atom is 0.433 e. The van der Waals surface area contributed by atoms with Crippen molar-refractivity contribution in [1.29, 1.82) is 0 Å². The van der Waals surface area contributed by atoms with Crippen LogP contribution in [0.15, 0.2) is 35.9 Å². The number of carbonyl (C=O) groups excluding carboxylic acids is 1. The van der Waals surface area contributed by atoms with Crippen LogP contribution in [0.4, 0.5) is 24.7 Å². The number of alkyl halides is 3. The van der Waals surface area contributed by atoms with Gasteiger partial charge in [0, 0.05) is 24.1 Å². The lowest BCUT2D eigenvalue weighted by Gasteiger charge is -2.13. The molecule has 32 heavy (non-hydrogen) atoms. The number of nitrogens with zero attached hydrogens (tertiary/aromatic N) is 1. The first-order valence-corrected chi connectivity index (χ1v) is 11.6. The number of nitrogens with one attached hydrogen (secondary N) is 2. The number of nitrogens with two attached hydrogens (primary N) is 1. The van der Waals surface area contributed by atoms with Gasteiger partial charge in [0.15, 0.2) is 0 Å². The summed E-state index contributed by atoms with van der Waals surface area (Å²) >= 11 is 0. The molecule has 0 saturated carbocycles. The number of amides is 1. The molecule has 0 aliphatic carbocycles.